The topological polar surface area (TPSA) is 46.5 Å². The van der Waals surface area contributed by atoms with Gasteiger partial charge < -0.3 is 9.84 Å². The van der Waals surface area contributed by atoms with Crippen LogP contribution in [-0.4, -0.2) is 24.3 Å². The zero-order valence-electron chi connectivity index (χ0n) is 8.02. The normalized spacial score (nSPS) is 18.2. The maximum absolute atomic E-state index is 11.2. The number of hydrogen-bond donors (Lipinski definition) is 1. The Kier molecular flexibility index (Phi) is 2.93. The molecule has 1 atom stereocenters. The Labute approximate surface area is 92.6 Å². The van der Waals surface area contributed by atoms with Crippen LogP contribution in [0.2, 0.25) is 5.02 Å². The molecule has 2 rings (SSSR count). The molecular weight excluding hydrogens is 216 g/mol. The first-order valence-electron chi connectivity index (χ1n) is 4.75. The van der Waals surface area contributed by atoms with Crippen molar-refractivity contribution in [2.24, 2.45) is 5.92 Å². The van der Waals surface area contributed by atoms with E-state index in [1.54, 1.807) is 24.3 Å². The van der Waals surface area contributed by atoms with E-state index in [1.165, 1.54) is 0 Å². The second kappa shape index (κ2) is 4.21. The molecule has 1 fully saturated rings. The van der Waals surface area contributed by atoms with E-state index in [-0.39, 0.29) is 5.92 Å². The largest absolute Gasteiger partial charge is 0.481 e. The van der Waals surface area contributed by atoms with Crippen LogP contribution in [0, 0.1) is 5.92 Å². The van der Waals surface area contributed by atoms with Gasteiger partial charge in [-0.15, -0.1) is 0 Å². The van der Waals surface area contributed by atoms with E-state index in [4.69, 9.17) is 16.3 Å². The minimum atomic E-state index is -0.837. The number of ether oxygens (including phenoxy) is 1. The molecule has 0 aliphatic carbocycles. The van der Waals surface area contributed by atoms with E-state index in [1.807, 2.05) is 0 Å². The van der Waals surface area contributed by atoms with Crippen molar-refractivity contribution in [2.45, 2.75) is 5.92 Å². The molecule has 0 amide bonds. The summed E-state index contributed by atoms with van der Waals surface area (Å²) in [5, 5.41) is 9.68. The standard InChI is InChI=1S/C11H11ClO3/c12-9-4-2-1-3-8(9)10(11(13)14)7-5-15-6-7/h1-4,7,10H,5-6H2,(H,13,14). The molecule has 3 nitrogen and oxygen atoms in total. The Bertz CT molecular complexity index is 374. The third kappa shape index (κ3) is 1.98. The Balaban J connectivity index is 2.32. The minimum absolute atomic E-state index is 0.0439. The average Bonchev–Trinajstić information content (AvgIpc) is 2.12. The van der Waals surface area contributed by atoms with Crippen molar-refractivity contribution in [3.63, 3.8) is 0 Å². The van der Waals surface area contributed by atoms with Gasteiger partial charge >= 0.3 is 5.97 Å². The number of carboxylic acid groups (broad SMARTS) is 1. The third-order valence-corrected chi connectivity index (χ3v) is 2.99. The number of aliphatic carboxylic acids is 1. The lowest BCUT2D eigenvalue weighted by molar-refractivity contribution is -0.146. The molecule has 0 saturated carbocycles. The molecule has 1 heterocycles. The molecule has 1 aromatic rings. The molecule has 1 unspecified atom stereocenters. The Hall–Kier alpha value is -1.06. The molecule has 0 aromatic heterocycles. The van der Waals surface area contributed by atoms with Crippen molar-refractivity contribution < 1.29 is 14.6 Å². The Morgan fingerprint density at radius 3 is 2.60 bits per heavy atom. The zero-order chi connectivity index (χ0) is 10.8. The van der Waals surface area contributed by atoms with Gasteiger partial charge in [0.2, 0.25) is 0 Å². The number of hydrogen-bond acceptors (Lipinski definition) is 2. The van der Waals surface area contributed by atoms with E-state index in [9.17, 15) is 9.90 Å². The first kappa shape index (κ1) is 10.5. The maximum atomic E-state index is 11.2. The second-order valence-electron chi connectivity index (χ2n) is 3.63. The average molecular weight is 227 g/mol. The molecule has 1 aromatic carbocycles. The van der Waals surface area contributed by atoms with Crippen LogP contribution >= 0.6 is 11.6 Å². The van der Waals surface area contributed by atoms with Crippen LogP contribution in [0.4, 0.5) is 0 Å². The minimum Gasteiger partial charge on any atom is -0.481 e. The highest BCUT2D eigenvalue weighted by Gasteiger charge is 2.35. The van der Waals surface area contributed by atoms with Gasteiger partial charge in [0.1, 0.15) is 0 Å². The molecular formula is C11H11ClO3. The fourth-order valence-corrected chi connectivity index (χ4v) is 2.02. The van der Waals surface area contributed by atoms with Gasteiger partial charge in [-0.25, -0.2) is 0 Å². The highest BCUT2D eigenvalue weighted by atomic mass is 35.5. The van der Waals surface area contributed by atoms with Gasteiger partial charge in [0, 0.05) is 10.9 Å². The van der Waals surface area contributed by atoms with Crippen LogP contribution in [0.25, 0.3) is 0 Å². The quantitative estimate of drug-likeness (QED) is 0.859. The first-order valence-corrected chi connectivity index (χ1v) is 5.13. The van der Waals surface area contributed by atoms with Gasteiger partial charge in [-0.3, -0.25) is 4.79 Å². The summed E-state index contributed by atoms with van der Waals surface area (Å²) in [6.07, 6.45) is 0. The van der Waals surface area contributed by atoms with Crippen molar-refractivity contribution in [2.75, 3.05) is 13.2 Å². The molecule has 80 valence electrons. The first-order chi connectivity index (χ1) is 7.20. The van der Waals surface area contributed by atoms with Gasteiger partial charge in [0.05, 0.1) is 19.1 Å². The van der Waals surface area contributed by atoms with E-state index in [0.717, 1.165) is 0 Å². The number of carboxylic acids is 1. The monoisotopic (exact) mass is 226 g/mol. The fraction of sp³-hybridized carbons (Fsp3) is 0.364. The van der Waals surface area contributed by atoms with Crippen molar-refractivity contribution in [1.29, 1.82) is 0 Å². The van der Waals surface area contributed by atoms with Gasteiger partial charge in [0.25, 0.3) is 0 Å². The van der Waals surface area contributed by atoms with Crippen LogP contribution in [0.15, 0.2) is 24.3 Å². The van der Waals surface area contributed by atoms with E-state index in [2.05, 4.69) is 0 Å². The summed E-state index contributed by atoms with van der Waals surface area (Å²) in [5.74, 6) is -1.34. The van der Waals surface area contributed by atoms with Crippen molar-refractivity contribution in [1.82, 2.24) is 0 Å². The number of halogens is 1. The predicted molar refractivity (Wildman–Crippen MR) is 56.1 cm³/mol. The van der Waals surface area contributed by atoms with Gasteiger partial charge in [-0.2, -0.15) is 0 Å². The summed E-state index contributed by atoms with van der Waals surface area (Å²) < 4.78 is 5.02. The smallest absolute Gasteiger partial charge is 0.311 e. The van der Waals surface area contributed by atoms with Crippen molar-refractivity contribution >= 4 is 17.6 Å². The van der Waals surface area contributed by atoms with Gasteiger partial charge in [-0.05, 0) is 11.6 Å². The summed E-state index contributed by atoms with van der Waals surface area (Å²) in [6, 6.07) is 7.07. The lowest BCUT2D eigenvalue weighted by Crippen LogP contribution is -2.36. The molecule has 0 spiro atoms. The third-order valence-electron chi connectivity index (χ3n) is 2.64. The molecule has 1 aliphatic rings. The van der Waals surface area contributed by atoms with E-state index < -0.39 is 11.9 Å². The zero-order valence-corrected chi connectivity index (χ0v) is 8.78. The fourth-order valence-electron chi connectivity index (χ4n) is 1.76. The molecule has 0 radical (unpaired) electrons. The van der Waals surface area contributed by atoms with Crippen LogP contribution in [0.3, 0.4) is 0 Å². The molecule has 4 heteroatoms. The summed E-state index contributed by atoms with van der Waals surface area (Å²) in [6.45, 7) is 1.00. The van der Waals surface area contributed by atoms with Crippen molar-refractivity contribution in [3.8, 4) is 0 Å². The van der Waals surface area contributed by atoms with Crippen LogP contribution in [0.1, 0.15) is 11.5 Å². The van der Waals surface area contributed by atoms with Crippen LogP contribution < -0.4 is 0 Å². The maximum Gasteiger partial charge on any atom is 0.311 e. The van der Waals surface area contributed by atoms with Crippen LogP contribution in [-0.2, 0) is 9.53 Å². The van der Waals surface area contributed by atoms with Crippen LogP contribution in [0.5, 0.6) is 0 Å². The van der Waals surface area contributed by atoms with E-state index >= 15 is 0 Å². The highest BCUT2D eigenvalue weighted by molar-refractivity contribution is 6.31. The summed E-state index contributed by atoms with van der Waals surface area (Å²) in [4.78, 5) is 11.2. The highest BCUT2D eigenvalue weighted by Crippen LogP contribution is 2.34. The van der Waals surface area contributed by atoms with Gasteiger partial charge in [-0.1, -0.05) is 29.8 Å². The molecule has 1 saturated heterocycles. The predicted octanol–water partition coefficient (Wildman–Crippen LogP) is 2.15. The second-order valence-corrected chi connectivity index (χ2v) is 4.04. The van der Waals surface area contributed by atoms with Crippen molar-refractivity contribution in [3.05, 3.63) is 34.9 Å². The summed E-state index contributed by atoms with van der Waals surface area (Å²) >= 11 is 5.98. The Morgan fingerprint density at radius 1 is 1.47 bits per heavy atom. The molecule has 0 bridgehead atoms. The number of benzene rings is 1. The lowest BCUT2D eigenvalue weighted by atomic mass is 9.85. The summed E-state index contributed by atoms with van der Waals surface area (Å²) in [7, 11) is 0. The number of carbonyl (C=O) groups is 1. The number of rotatable bonds is 3. The Morgan fingerprint density at radius 2 is 2.13 bits per heavy atom. The molecule has 1 N–H and O–H groups in total. The summed E-state index contributed by atoms with van der Waals surface area (Å²) in [5.41, 5.74) is 0.681. The van der Waals surface area contributed by atoms with E-state index in [0.29, 0.717) is 23.8 Å². The SMILES string of the molecule is O=C(O)C(c1ccccc1Cl)C1COC1. The van der Waals surface area contributed by atoms with Gasteiger partial charge in [0.15, 0.2) is 0 Å². The molecule has 1 aliphatic heterocycles. The molecule has 15 heavy (non-hydrogen) atoms. The lowest BCUT2D eigenvalue weighted by Gasteiger charge is -2.31.